The van der Waals surface area contributed by atoms with Crippen molar-refractivity contribution in [2.45, 2.75) is 98.5 Å². The van der Waals surface area contributed by atoms with Crippen molar-refractivity contribution in [2.75, 3.05) is 31.7 Å². The molecule has 2 rings (SSSR count). The number of rotatable bonds is 16. The van der Waals surface area contributed by atoms with E-state index in [-0.39, 0.29) is 52.7 Å². The van der Waals surface area contributed by atoms with Crippen LogP contribution < -0.4 is 14.8 Å². The zero-order chi connectivity index (χ0) is 35.7. The molecule has 0 aromatic heterocycles. The molecule has 1 amide bonds. The number of halogens is 1. The van der Waals surface area contributed by atoms with E-state index in [0.717, 1.165) is 30.0 Å². The summed E-state index contributed by atoms with van der Waals surface area (Å²) in [5.74, 6) is -5.06. The van der Waals surface area contributed by atoms with Crippen molar-refractivity contribution in [2.24, 2.45) is 0 Å². The lowest BCUT2D eigenvalue weighted by Crippen LogP contribution is -2.60. The Morgan fingerprint density at radius 1 is 0.787 bits per heavy atom. The molecule has 11 nitrogen and oxygen atoms in total. The quantitative estimate of drug-likeness (QED) is 0.0867. The largest absolute Gasteiger partial charge is 0.504 e. The molecule has 12 heteroatoms. The average Bonchev–Trinajstić information content (AvgIpc) is 3.03. The van der Waals surface area contributed by atoms with Gasteiger partial charge in [0.1, 0.15) is 11.5 Å². The number of carbonyl (C=O) groups excluding carboxylic acids is 4. The van der Waals surface area contributed by atoms with E-state index >= 15 is 0 Å². The van der Waals surface area contributed by atoms with Crippen molar-refractivity contribution in [1.29, 1.82) is 0 Å². The first-order valence-corrected chi connectivity index (χ1v) is 16.1. The molecule has 2 N–H and O–H groups in total. The number of ether oxygens (including phenoxy) is 5. The number of carbonyl (C=O) groups is 4. The molecule has 47 heavy (non-hydrogen) atoms. The predicted octanol–water partition coefficient (Wildman–Crippen LogP) is 6.55. The van der Waals surface area contributed by atoms with Crippen molar-refractivity contribution in [3.05, 3.63) is 46.0 Å². The van der Waals surface area contributed by atoms with Gasteiger partial charge < -0.3 is 34.1 Å². The maximum Gasteiger partial charge on any atom is 0.398 e. The number of amides is 1. The monoisotopic (exact) mass is 677 g/mol. The summed E-state index contributed by atoms with van der Waals surface area (Å²) in [7, 11) is 0. The Morgan fingerprint density at radius 2 is 1.30 bits per heavy atom. The van der Waals surface area contributed by atoms with Gasteiger partial charge in [-0.15, -0.1) is 0 Å². The molecule has 0 spiro atoms. The topological polar surface area (TPSA) is 147 Å². The summed E-state index contributed by atoms with van der Waals surface area (Å²) >= 11 is 6.38. The minimum Gasteiger partial charge on any atom is -0.504 e. The van der Waals surface area contributed by atoms with Gasteiger partial charge in [0, 0.05) is 17.2 Å². The van der Waals surface area contributed by atoms with E-state index in [2.05, 4.69) is 52.9 Å². The van der Waals surface area contributed by atoms with Crippen LogP contribution in [0.4, 0.5) is 5.69 Å². The number of hydrogen-bond acceptors (Lipinski definition) is 10. The molecule has 0 saturated heterocycles. The van der Waals surface area contributed by atoms with E-state index in [4.69, 9.17) is 35.3 Å². The van der Waals surface area contributed by atoms with Crippen LogP contribution in [-0.4, -0.2) is 61.0 Å². The Balaban J connectivity index is 2.50. The van der Waals surface area contributed by atoms with E-state index in [9.17, 15) is 24.3 Å². The first-order chi connectivity index (χ1) is 22.0. The Kier molecular flexibility index (Phi) is 13.5. The fourth-order valence-electron chi connectivity index (χ4n) is 4.48. The van der Waals surface area contributed by atoms with Gasteiger partial charge in [-0.1, -0.05) is 65.3 Å². The highest BCUT2D eigenvalue weighted by molar-refractivity contribution is 6.33. The Labute approximate surface area is 282 Å². The van der Waals surface area contributed by atoms with Gasteiger partial charge in [-0.25, -0.2) is 14.4 Å². The normalized spacial score (nSPS) is 11.8. The molecule has 0 saturated carbocycles. The second kappa shape index (κ2) is 16.2. The molecule has 0 aliphatic heterocycles. The molecule has 0 aliphatic carbocycles. The molecule has 0 unspecified atom stereocenters. The fraction of sp³-hybridized carbons (Fsp3) is 0.543. The Hall–Kier alpha value is -3.99. The fourth-order valence-corrected chi connectivity index (χ4v) is 4.68. The summed E-state index contributed by atoms with van der Waals surface area (Å²) < 4.78 is 26.8. The molecular weight excluding hydrogens is 630 g/mol. The van der Waals surface area contributed by atoms with Crippen LogP contribution in [0.2, 0.25) is 5.02 Å². The van der Waals surface area contributed by atoms with Gasteiger partial charge in [-0.3, -0.25) is 4.79 Å². The van der Waals surface area contributed by atoms with Crippen LogP contribution in [-0.2, 0) is 44.2 Å². The van der Waals surface area contributed by atoms with Crippen LogP contribution in [0.25, 0.3) is 0 Å². The van der Waals surface area contributed by atoms with E-state index < -0.39 is 41.8 Å². The zero-order valence-corrected chi connectivity index (χ0v) is 29.8. The number of phenols is 1. The third kappa shape index (κ3) is 8.68. The van der Waals surface area contributed by atoms with E-state index in [1.165, 1.54) is 27.7 Å². The average molecular weight is 678 g/mol. The molecule has 0 bridgehead atoms. The molecule has 260 valence electrons. The summed E-state index contributed by atoms with van der Waals surface area (Å²) in [6.45, 7) is 17.6. The number of esters is 3. The molecule has 0 aliphatic rings. The van der Waals surface area contributed by atoms with E-state index in [1.54, 1.807) is 0 Å². The number of nitrogens with one attached hydrogen (secondary N) is 1. The predicted molar refractivity (Wildman–Crippen MR) is 178 cm³/mol. The number of hydrogen-bond donors (Lipinski definition) is 2. The highest BCUT2D eigenvalue weighted by atomic mass is 35.5. The van der Waals surface area contributed by atoms with Gasteiger partial charge >= 0.3 is 23.5 Å². The van der Waals surface area contributed by atoms with Crippen LogP contribution in [0.5, 0.6) is 17.2 Å². The van der Waals surface area contributed by atoms with Crippen molar-refractivity contribution in [1.82, 2.24) is 0 Å². The number of anilines is 1. The number of aromatic hydroxyl groups is 1. The van der Waals surface area contributed by atoms with Crippen LogP contribution in [0.3, 0.4) is 0 Å². The van der Waals surface area contributed by atoms with Gasteiger partial charge in [0.15, 0.2) is 12.4 Å². The minimum atomic E-state index is -3.02. The molecule has 2 aromatic rings. The molecule has 2 aromatic carbocycles. The van der Waals surface area contributed by atoms with Crippen LogP contribution in [0.15, 0.2) is 24.3 Å². The number of phenolic OH excluding ortho intramolecular Hbond substituents is 1. The molecule has 0 fully saturated rings. The van der Waals surface area contributed by atoms with Crippen molar-refractivity contribution in [3.63, 3.8) is 0 Å². The maximum absolute atomic E-state index is 13.2. The SMILES string of the molecule is CCOC(=O)C(Oc1cc(NC(=O)COc2ccc(C(C)(C)CC)cc2C(C)(C)CC)c(O)c(Cl)c1C)(C(=O)OCC)C(=O)OCC. The second-order valence-corrected chi connectivity index (χ2v) is 12.6. The van der Waals surface area contributed by atoms with Crippen molar-refractivity contribution < 1.29 is 48.0 Å². The third-order valence-corrected chi connectivity index (χ3v) is 8.74. The van der Waals surface area contributed by atoms with Gasteiger partial charge in [0.2, 0.25) is 0 Å². The molecule has 0 heterocycles. The van der Waals surface area contributed by atoms with Gasteiger partial charge in [0.05, 0.1) is 30.5 Å². The smallest absolute Gasteiger partial charge is 0.398 e. The van der Waals surface area contributed by atoms with Crippen molar-refractivity contribution in [3.8, 4) is 17.2 Å². The minimum absolute atomic E-state index is 0.0437. The van der Waals surface area contributed by atoms with Crippen LogP contribution >= 0.6 is 11.6 Å². The highest BCUT2D eigenvalue weighted by Gasteiger charge is 2.61. The zero-order valence-electron chi connectivity index (χ0n) is 29.1. The lowest BCUT2D eigenvalue weighted by atomic mass is 9.76. The van der Waals surface area contributed by atoms with Gasteiger partial charge in [-0.05, 0) is 63.0 Å². The summed E-state index contributed by atoms with van der Waals surface area (Å²) in [6, 6.07) is 7.09. The molecular formula is C35H48ClNO10. The van der Waals surface area contributed by atoms with Crippen LogP contribution in [0.1, 0.15) is 91.8 Å². The summed E-state index contributed by atoms with van der Waals surface area (Å²) in [5.41, 5.74) is -1.39. The lowest BCUT2D eigenvalue weighted by Gasteiger charge is -2.30. The molecule has 0 radical (unpaired) electrons. The Bertz CT molecular complexity index is 1420. The first-order valence-electron chi connectivity index (χ1n) is 15.8. The van der Waals surface area contributed by atoms with E-state index in [1.807, 2.05) is 12.1 Å². The standard InChI is InChI=1S/C35H48ClNO10/c1-11-33(7,8)22-16-17-25(23(18-22)34(9,10)12-2)46-20-27(38)37-24-19-26(21(6)28(36)29(24)39)47-35(30(40)43-13-3,31(41)44-14-4)32(42)45-15-5/h16-19,39H,11-15,20H2,1-10H3,(H,37,38). The molecule has 0 atom stereocenters. The second-order valence-electron chi connectivity index (χ2n) is 12.2. The van der Waals surface area contributed by atoms with Crippen LogP contribution in [0, 0.1) is 6.92 Å². The van der Waals surface area contributed by atoms with Crippen molar-refractivity contribution >= 4 is 41.1 Å². The number of benzene rings is 2. The Morgan fingerprint density at radius 3 is 1.77 bits per heavy atom. The van der Waals surface area contributed by atoms with E-state index in [0.29, 0.717) is 5.75 Å². The highest BCUT2D eigenvalue weighted by Crippen LogP contribution is 2.42. The third-order valence-electron chi connectivity index (χ3n) is 8.28. The lowest BCUT2D eigenvalue weighted by molar-refractivity contribution is -0.191. The first kappa shape index (κ1) is 39.2. The summed E-state index contributed by atoms with van der Waals surface area (Å²) in [5, 5.41) is 13.1. The van der Waals surface area contributed by atoms with Gasteiger partial charge in [0.25, 0.3) is 5.91 Å². The summed E-state index contributed by atoms with van der Waals surface area (Å²) in [6.07, 6.45) is 1.77. The van der Waals surface area contributed by atoms with Gasteiger partial charge in [-0.2, -0.15) is 0 Å². The summed E-state index contributed by atoms with van der Waals surface area (Å²) in [4.78, 5) is 52.6. The maximum atomic E-state index is 13.2.